The van der Waals surface area contributed by atoms with Gasteiger partial charge in [-0.15, -0.1) is 0 Å². The van der Waals surface area contributed by atoms with Gasteiger partial charge in [0.25, 0.3) is 0 Å². The summed E-state index contributed by atoms with van der Waals surface area (Å²) in [7, 11) is 0. The Kier molecular flexibility index (Phi) is 2.92. The fourth-order valence-electron chi connectivity index (χ4n) is 1.92. The lowest BCUT2D eigenvalue weighted by molar-refractivity contribution is -0.110. The van der Waals surface area contributed by atoms with Crippen LogP contribution >= 0.6 is 0 Å². The molecule has 1 saturated carbocycles. The molecule has 1 aromatic rings. The summed E-state index contributed by atoms with van der Waals surface area (Å²) >= 11 is 0. The minimum Gasteiger partial charge on any atom is -0.339 e. The van der Waals surface area contributed by atoms with E-state index in [9.17, 15) is 8.78 Å². The summed E-state index contributed by atoms with van der Waals surface area (Å²) in [4.78, 5) is 4.12. The van der Waals surface area contributed by atoms with Crippen LogP contribution < -0.4 is 5.73 Å². The fourth-order valence-corrected chi connectivity index (χ4v) is 1.92. The molecular weight excluding hydrogens is 216 g/mol. The first-order valence-electron chi connectivity index (χ1n) is 5.39. The Hall–Kier alpha value is -1.04. The lowest BCUT2D eigenvalue weighted by Crippen LogP contribution is -2.36. The van der Waals surface area contributed by atoms with E-state index in [0.717, 1.165) is 0 Å². The average molecular weight is 231 g/mol. The van der Waals surface area contributed by atoms with Gasteiger partial charge in [0, 0.05) is 31.7 Å². The molecule has 1 aliphatic rings. The highest BCUT2D eigenvalue weighted by atomic mass is 19.3. The normalized spacial score (nSPS) is 21.8. The highest BCUT2D eigenvalue weighted by Crippen LogP contribution is 2.43. The molecular formula is C10H15F2N3O. The maximum absolute atomic E-state index is 12.6. The number of hydrogen-bond donors (Lipinski definition) is 1. The van der Waals surface area contributed by atoms with E-state index >= 15 is 0 Å². The summed E-state index contributed by atoms with van der Waals surface area (Å²) in [5, 5.41) is 3.75. The second kappa shape index (κ2) is 4.08. The number of hydrogen-bond acceptors (Lipinski definition) is 4. The number of nitrogens with zero attached hydrogens (tertiary/aromatic N) is 2. The van der Waals surface area contributed by atoms with Crippen molar-refractivity contribution in [2.75, 3.05) is 0 Å². The Morgan fingerprint density at radius 2 is 2.25 bits per heavy atom. The van der Waals surface area contributed by atoms with Crippen LogP contribution in [-0.2, 0) is 12.8 Å². The third kappa shape index (κ3) is 2.75. The molecule has 1 heterocycles. The smallest absolute Gasteiger partial charge is 0.248 e. The summed E-state index contributed by atoms with van der Waals surface area (Å²) in [6.45, 7) is 1.84. The zero-order valence-corrected chi connectivity index (χ0v) is 9.12. The number of halogens is 2. The van der Waals surface area contributed by atoms with E-state index in [2.05, 4.69) is 10.1 Å². The van der Waals surface area contributed by atoms with Crippen LogP contribution in [0.5, 0.6) is 0 Å². The minimum atomic E-state index is -2.48. The van der Waals surface area contributed by atoms with Crippen molar-refractivity contribution in [1.82, 2.24) is 10.1 Å². The molecule has 0 aliphatic heterocycles. The predicted molar refractivity (Wildman–Crippen MR) is 53.0 cm³/mol. The Morgan fingerprint density at radius 1 is 1.56 bits per heavy atom. The second-order valence-electron chi connectivity index (χ2n) is 4.62. The molecule has 0 amide bonds. The number of aromatic nitrogens is 2. The Morgan fingerprint density at radius 3 is 2.81 bits per heavy atom. The Balaban J connectivity index is 1.84. The average Bonchev–Trinajstić information content (AvgIpc) is 2.48. The maximum Gasteiger partial charge on any atom is 0.248 e. The van der Waals surface area contributed by atoms with Crippen LogP contribution in [0.25, 0.3) is 0 Å². The molecule has 1 fully saturated rings. The van der Waals surface area contributed by atoms with Crippen molar-refractivity contribution in [3.8, 4) is 0 Å². The molecule has 1 aliphatic carbocycles. The monoisotopic (exact) mass is 231 g/mol. The molecule has 0 bridgehead atoms. The van der Waals surface area contributed by atoms with Gasteiger partial charge in [-0.25, -0.2) is 8.78 Å². The third-order valence-electron chi connectivity index (χ3n) is 2.65. The zero-order valence-electron chi connectivity index (χ0n) is 9.12. The number of alkyl halides is 2. The van der Waals surface area contributed by atoms with E-state index in [4.69, 9.17) is 10.3 Å². The van der Waals surface area contributed by atoms with E-state index in [1.54, 1.807) is 0 Å². The Labute approximate surface area is 92.2 Å². The van der Waals surface area contributed by atoms with Crippen LogP contribution in [-0.4, -0.2) is 22.1 Å². The van der Waals surface area contributed by atoms with Crippen molar-refractivity contribution < 1.29 is 13.3 Å². The van der Waals surface area contributed by atoms with E-state index in [0.29, 0.717) is 24.6 Å². The zero-order chi connectivity index (χ0) is 11.8. The van der Waals surface area contributed by atoms with Crippen molar-refractivity contribution in [3.05, 3.63) is 11.7 Å². The topological polar surface area (TPSA) is 64.9 Å². The molecule has 1 aromatic heterocycles. The largest absolute Gasteiger partial charge is 0.339 e. The van der Waals surface area contributed by atoms with Crippen LogP contribution in [0.2, 0.25) is 0 Å². The molecule has 0 saturated heterocycles. The highest BCUT2D eigenvalue weighted by molar-refractivity contribution is 4.95. The molecule has 2 rings (SSSR count). The van der Waals surface area contributed by atoms with Crippen LogP contribution in [0.3, 0.4) is 0 Å². The molecule has 4 nitrogen and oxygen atoms in total. The standard InChI is InChI=1S/C10H15F2N3O/c1-6(13)2-9-14-8(15-16-9)3-7-4-10(11,12)5-7/h6-7H,2-5,13H2,1H3/t6-/m1/s1. The maximum atomic E-state index is 12.6. The van der Waals surface area contributed by atoms with Gasteiger partial charge < -0.3 is 10.3 Å². The molecule has 0 radical (unpaired) electrons. The van der Waals surface area contributed by atoms with Gasteiger partial charge >= 0.3 is 0 Å². The van der Waals surface area contributed by atoms with E-state index < -0.39 is 5.92 Å². The molecule has 16 heavy (non-hydrogen) atoms. The summed E-state index contributed by atoms with van der Waals surface area (Å²) in [6, 6.07) is -0.0404. The predicted octanol–water partition coefficient (Wildman–Crippen LogP) is 1.55. The Bertz CT molecular complexity index is 357. The van der Waals surface area contributed by atoms with Crippen LogP contribution in [0, 0.1) is 5.92 Å². The van der Waals surface area contributed by atoms with Crippen molar-refractivity contribution in [3.63, 3.8) is 0 Å². The first kappa shape index (κ1) is 11.4. The molecule has 6 heteroatoms. The third-order valence-corrected chi connectivity index (χ3v) is 2.65. The van der Waals surface area contributed by atoms with Gasteiger partial charge in [-0.3, -0.25) is 0 Å². The second-order valence-corrected chi connectivity index (χ2v) is 4.62. The quantitative estimate of drug-likeness (QED) is 0.853. The SMILES string of the molecule is C[C@@H](N)Cc1nc(CC2CC(F)(F)C2)no1. The lowest BCUT2D eigenvalue weighted by atomic mass is 9.79. The van der Waals surface area contributed by atoms with Gasteiger partial charge in [-0.05, 0) is 12.8 Å². The van der Waals surface area contributed by atoms with Crippen molar-refractivity contribution in [2.24, 2.45) is 11.7 Å². The number of nitrogens with two attached hydrogens (primary N) is 1. The lowest BCUT2D eigenvalue weighted by Gasteiger charge is -2.34. The van der Waals surface area contributed by atoms with E-state index in [1.165, 1.54) is 0 Å². The number of rotatable bonds is 4. The van der Waals surface area contributed by atoms with Gasteiger partial charge in [0.15, 0.2) is 5.82 Å². The van der Waals surface area contributed by atoms with Crippen LogP contribution in [0.4, 0.5) is 8.78 Å². The van der Waals surface area contributed by atoms with Crippen LogP contribution in [0.15, 0.2) is 4.52 Å². The minimum absolute atomic E-state index is 0.0178. The molecule has 0 spiro atoms. The van der Waals surface area contributed by atoms with Crippen molar-refractivity contribution in [1.29, 1.82) is 0 Å². The first-order chi connectivity index (χ1) is 7.44. The summed E-state index contributed by atoms with van der Waals surface area (Å²) in [6.07, 6.45) is 0.861. The molecule has 1 atom stereocenters. The van der Waals surface area contributed by atoms with E-state index in [1.807, 2.05) is 6.92 Å². The summed E-state index contributed by atoms with van der Waals surface area (Å²) in [5.41, 5.74) is 5.58. The van der Waals surface area contributed by atoms with E-state index in [-0.39, 0.29) is 24.8 Å². The van der Waals surface area contributed by atoms with Crippen molar-refractivity contribution >= 4 is 0 Å². The molecule has 0 aromatic carbocycles. The van der Waals surface area contributed by atoms with Gasteiger partial charge in [0.05, 0.1) is 0 Å². The molecule has 2 N–H and O–H groups in total. The highest BCUT2D eigenvalue weighted by Gasteiger charge is 2.45. The first-order valence-corrected chi connectivity index (χ1v) is 5.39. The summed E-state index contributed by atoms with van der Waals surface area (Å²) < 4.78 is 30.1. The van der Waals surface area contributed by atoms with Gasteiger partial charge in [0.2, 0.25) is 11.8 Å². The fraction of sp³-hybridized carbons (Fsp3) is 0.800. The van der Waals surface area contributed by atoms with Crippen LogP contribution in [0.1, 0.15) is 31.5 Å². The van der Waals surface area contributed by atoms with Gasteiger partial charge in [0.1, 0.15) is 0 Å². The van der Waals surface area contributed by atoms with Gasteiger partial charge in [-0.1, -0.05) is 5.16 Å². The molecule has 0 unspecified atom stereocenters. The van der Waals surface area contributed by atoms with Gasteiger partial charge in [-0.2, -0.15) is 4.98 Å². The molecule has 90 valence electrons. The van der Waals surface area contributed by atoms with Crippen molar-refractivity contribution in [2.45, 2.75) is 44.6 Å². The summed E-state index contributed by atoms with van der Waals surface area (Å²) in [5.74, 6) is -1.51.